The summed E-state index contributed by atoms with van der Waals surface area (Å²) >= 11 is 0. The SMILES string of the molecule is C=CCN(CCOc1cc(C)ccc1C)CC(=O)O. The van der Waals surface area contributed by atoms with Gasteiger partial charge in [-0.05, 0) is 31.0 Å². The van der Waals surface area contributed by atoms with Crippen LogP contribution in [0.5, 0.6) is 5.75 Å². The van der Waals surface area contributed by atoms with E-state index in [-0.39, 0.29) is 6.54 Å². The zero-order valence-electron chi connectivity index (χ0n) is 11.6. The highest BCUT2D eigenvalue weighted by molar-refractivity contribution is 5.69. The summed E-state index contributed by atoms with van der Waals surface area (Å²) < 4.78 is 5.71. The number of carbonyl (C=O) groups is 1. The lowest BCUT2D eigenvalue weighted by Crippen LogP contribution is -2.33. The van der Waals surface area contributed by atoms with Crippen molar-refractivity contribution in [3.8, 4) is 5.75 Å². The monoisotopic (exact) mass is 263 g/mol. The molecule has 1 aromatic rings. The maximum Gasteiger partial charge on any atom is 0.317 e. The number of hydrogen-bond acceptors (Lipinski definition) is 3. The van der Waals surface area contributed by atoms with Gasteiger partial charge in [0.2, 0.25) is 0 Å². The highest BCUT2D eigenvalue weighted by Gasteiger charge is 2.08. The third-order valence-electron chi connectivity index (χ3n) is 2.75. The van der Waals surface area contributed by atoms with Crippen LogP contribution < -0.4 is 4.74 Å². The molecule has 1 rings (SSSR count). The number of hydrogen-bond donors (Lipinski definition) is 1. The minimum absolute atomic E-state index is 0.00216. The Bertz CT molecular complexity index is 443. The van der Waals surface area contributed by atoms with E-state index in [1.807, 2.05) is 32.0 Å². The van der Waals surface area contributed by atoms with E-state index in [1.54, 1.807) is 11.0 Å². The van der Waals surface area contributed by atoms with Crippen LogP contribution in [0.2, 0.25) is 0 Å². The molecule has 0 fully saturated rings. The summed E-state index contributed by atoms with van der Waals surface area (Å²) in [4.78, 5) is 12.5. The number of benzene rings is 1. The van der Waals surface area contributed by atoms with Crippen molar-refractivity contribution in [1.29, 1.82) is 0 Å². The first kappa shape index (κ1) is 15.2. The molecule has 0 heterocycles. The molecule has 0 bridgehead atoms. The number of carboxylic acids is 1. The van der Waals surface area contributed by atoms with E-state index >= 15 is 0 Å². The lowest BCUT2D eigenvalue weighted by molar-refractivity contribution is -0.138. The Hall–Kier alpha value is -1.81. The fourth-order valence-corrected chi connectivity index (χ4v) is 1.76. The summed E-state index contributed by atoms with van der Waals surface area (Å²) in [6, 6.07) is 6.05. The molecule has 1 aromatic carbocycles. The minimum atomic E-state index is -0.839. The van der Waals surface area contributed by atoms with Crippen LogP contribution in [0.4, 0.5) is 0 Å². The highest BCUT2D eigenvalue weighted by Crippen LogP contribution is 2.18. The standard InChI is InChI=1S/C15H21NO3/c1-4-7-16(11-15(17)18)8-9-19-14-10-12(2)5-6-13(14)3/h4-6,10H,1,7-9,11H2,2-3H3,(H,17,18). The topological polar surface area (TPSA) is 49.8 Å². The molecule has 4 heteroatoms. The maximum absolute atomic E-state index is 10.7. The number of nitrogens with zero attached hydrogens (tertiary/aromatic N) is 1. The quantitative estimate of drug-likeness (QED) is 0.731. The first-order valence-electron chi connectivity index (χ1n) is 6.28. The lowest BCUT2D eigenvalue weighted by Gasteiger charge is -2.19. The van der Waals surface area contributed by atoms with Crippen LogP contribution in [0.3, 0.4) is 0 Å². The zero-order valence-corrected chi connectivity index (χ0v) is 11.6. The Morgan fingerprint density at radius 3 is 2.84 bits per heavy atom. The smallest absolute Gasteiger partial charge is 0.317 e. The highest BCUT2D eigenvalue weighted by atomic mass is 16.5. The van der Waals surface area contributed by atoms with Crippen molar-refractivity contribution in [3.63, 3.8) is 0 Å². The van der Waals surface area contributed by atoms with Gasteiger partial charge < -0.3 is 9.84 Å². The number of aryl methyl sites for hydroxylation is 2. The molecule has 0 atom stereocenters. The second-order valence-electron chi connectivity index (χ2n) is 4.53. The van der Waals surface area contributed by atoms with Crippen LogP contribution in [0, 0.1) is 13.8 Å². The van der Waals surface area contributed by atoms with Crippen LogP contribution in [-0.4, -0.2) is 42.2 Å². The molecule has 4 nitrogen and oxygen atoms in total. The Morgan fingerprint density at radius 2 is 2.21 bits per heavy atom. The first-order chi connectivity index (χ1) is 9.02. The third-order valence-corrected chi connectivity index (χ3v) is 2.75. The molecule has 0 aromatic heterocycles. The summed E-state index contributed by atoms with van der Waals surface area (Å²) in [6.07, 6.45) is 1.70. The van der Waals surface area contributed by atoms with E-state index in [0.717, 1.165) is 16.9 Å². The lowest BCUT2D eigenvalue weighted by atomic mass is 10.1. The Balaban J connectivity index is 2.48. The first-order valence-corrected chi connectivity index (χ1v) is 6.28. The second-order valence-corrected chi connectivity index (χ2v) is 4.53. The number of rotatable bonds is 8. The molecule has 0 saturated heterocycles. The predicted molar refractivity (Wildman–Crippen MR) is 75.7 cm³/mol. The summed E-state index contributed by atoms with van der Waals surface area (Å²) in [6.45, 7) is 9.20. The van der Waals surface area contributed by atoms with E-state index < -0.39 is 5.97 Å². The fourth-order valence-electron chi connectivity index (χ4n) is 1.76. The van der Waals surface area contributed by atoms with E-state index in [9.17, 15) is 4.79 Å². The van der Waals surface area contributed by atoms with Crippen molar-refractivity contribution >= 4 is 5.97 Å². The van der Waals surface area contributed by atoms with Crippen LogP contribution in [0.25, 0.3) is 0 Å². The average molecular weight is 263 g/mol. The van der Waals surface area contributed by atoms with Crippen LogP contribution in [0.1, 0.15) is 11.1 Å². The zero-order chi connectivity index (χ0) is 14.3. The van der Waals surface area contributed by atoms with Crippen LogP contribution >= 0.6 is 0 Å². The Morgan fingerprint density at radius 1 is 1.47 bits per heavy atom. The molecule has 0 spiro atoms. The number of aliphatic carboxylic acids is 1. The van der Waals surface area contributed by atoms with Gasteiger partial charge in [0.05, 0.1) is 6.54 Å². The fraction of sp³-hybridized carbons (Fsp3) is 0.400. The molecule has 0 unspecified atom stereocenters. The van der Waals surface area contributed by atoms with Crippen LogP contribution in [0.15, 0.2) is 30.9 Å². The second kappa shape index (κ2) is 7.59. The normalized spacial score (nSPS) is 10.5. The van der Waals surface area contributed by atoms with Crippen LogP contribution in [-0.2, 0) is 4.79 Å². The molecular weight excluding hydrogens is 242 g/mol. The van der Waals surface area contributed by atoms with Crippen molar-refractivity contribution < 1.29 is 14.6 Å². The minimum Gasteiger partial charge on any atom is -0.492 e. The molecule has 0 amide bonds. The van der Waals surface area contributed by atoms with E-state index in [2.05, 4.69) is 6.58 Å². The van der Waals surface area contributed by atoms with Gasteiger partial charge in [0.25, 0.3) is 0 Å². The average Bonchev–Trinajstić information content (AvgIpc) is 2.33. The van der Waals surface area contributed by atoms with Gasteiger partial charge in [0.15, 0.2) is 0 Å². The van der Waals surface area contributed by atoms with Gasteiger partial charge in [-0.2, -0.15) is 0 Å². The predicted octanol–water partition coefficient (Wildman–Crippen LogP) is 2.25. The van der Waals surface area contributed by atoms with Crippen molar-refractivity contribution in [1.82, 2.24) is 4.90 Å². The molecule has 0 saturated carbocycles. The van der Waals surface area contributed by atoms with Gasteiger partial charge >= 0.3 is 5.97 Å². The van der Waals surface area contributed by atoms with Gasteiger partial charge in [0, 0.05) is 13.1 Å². The van der Waals surface area contributed by atoms with Crippen molar-refractivity contribution in [2.45, 2.75) is 13.8 Å². The molecule has 0 aliphatic rings. The largest absolute Gasteiger partial charge is 0.492 e. The van der Waals surface area contributed by atoms with E-state index in [1.165, 1.54) is 0 Å². The summed E-state index contributed by atoms with van der Waals surface area (Å²) in [5.74, 6) is 0.0162. The third kappa shape index (κ3) is 5.57. The molecule has 0 aliphatic carbocycles. The summed E-state index contributed by atoms with van der Waals surface area (Å²) in [5.41, 5.74) is 2.23. The molecule has 0 radical (unpaired) electrons. The Kier molecular flexibility index (Phi) is 6.09. The van der Waals surface area contributed by atoms with Crippen molar-refractivity contribution in [2.24, 2.45) is 0 Å². The molecule has 19 heavy (non-hydrogen) atoms. The van der Waals surface area contributed by atoms with Gasteiger partial charge in [0.1, 0.15) is 12.4 Å². The summed E-state index contributed by atoms with van der Waals surface area (Å²) in [7, 11) is 0. The van der Waals surface area contributed by atoms with Crippen molar-refractivity contribution in [3.05, 3.63) is 42.0 Å². The summed E-state index contributed by atoms with van der Waals surface area (Å²) in [5, 5.41) is 8.79. The number of carboxylic acid groups (broad SMARTS) is 1. The van der Waals surface area contributed by atoms with Gasteiger partial charge in [-0.1, -0.05) is 18.2 Å². The van der Waals surface area contributed by atoms with Crippen molar-refractivity contribution in [2.75, 3.05) is 26.2 Å². The van der Waals surface area contributed by atoms with Gasteiger partial charge in [-0.15, -0.1) is 6.58 Å². The maximum atomic E-state index is 10.7. The van der Waals surface area contributed by atoms with E-state index in [0.29, 0.717) is 19.7 Å². The van der Waals surface area contributed by atoms with Gasteiger partial charge in [-0.3, -0.25) is 9.69 Å². The Labute approximate surface area is 114 Å². The number of ether oxygens (including phenoxy) is 1. The molecule has 1 N–H and O–H groups in total. The van der Waals surface area contributed by atoms with Gasteiger partial charge in [-0.25, -0.2) is 0 Å². The molecular formula is C15H21NO3. The molecule has 104 valence electrons. The van der Waals surface area contributed by atoms with E-state index in [4.69, 9.17) is 9.84 Å². The molecule has 0 aliphatic heterocycles.